The summed E-state index contributed by atoms with van der Waals surface area (Å²) < 4.78 is 26.6. The van der Waals surface area contributed by atoms with Crippen molar-refractivity contribution in [3.63, 3.8) is 0 Å². The SMILES string of the molecule is CCC(C(=O)NCC(C)C)N(Cc1ccc(C)cc1)C(=O)CCCN(c1cc(C)ccc1C)S(C)(=O)=O. The summed E-state index contributed by atoms with van der Waals surface area (Å²) in [6.07, 6.45) is 2.15. The van der Waals surface area contributed by atoms with Gasteiger partial charge >= 0.3 is 0 Å². The van der Waals surface area contributed by atoms with Crippen molar-refractivity contribution in [1.82, 2.24) is 10.2 Å². The van der Waals surface area contributed by atoms with E-state index >= 15 is 0 Å². The quantitative estimate of drug-likeness (QED) is 0.406. The van der Waals surface area contributed by atoms with Crippen molar-refractivity contribution in [2.45, 2.75) is 73.4 Å². The second-order valence-electron chi connectivity index (χ2n) is 10.3. The van der Waals surface area contributed by atoms with Crippen molar-refractivity contribution in [2.75, 3.05) is 23.7 Å². The van der Waals surface area contributed by atoms with E-state index in [0.717, 1.165) is 22.3 Å². The number of hydrogen-bond donors (Lipinski definition) is 1. The highest BCUT2D eigenvalue weighted by Gasteiger charge is 2.29. The average Bonchev–Trinajstić information content (AvgIpc) is 2.82. The van der Waals surface area contributed by atoms with Gasteiger partial charge in [-0.05, 0) is 62.3 Å². The zero-order chi connectivity index (χ0) is 27.8. The van der Waals surface area contributed by atoms with Crippen LogP contribution in [0.15, 0.2) is 42.5 Å². The Morgan fingerprint density at radius 1 is 0.973 bits per heavy atom. The van der Waals surface area contributed by atoms with Crippen molar-refractivity contribution in [2.24, 2.45) is 5.92 Å². The van der Waals surface area contributed by atoms with E-state index in [-0.39, 0.29) is 24.8 Å². The summed E-state index contributed by atoms with van der Waals surface area (Å²) in [5.74, 6) is -0.0268. The Morgan fingerprint density at radius 2 is 1.59 bits per heavy atom. The molecule has 0 aliphatic rings. The van der Waals surface area contributed by atoms with Crippen LogP contribution in [0, 0.1) is 26.7 Å². The molecule has 0 saturated carbocycles. The molecule has 0 aliphatic carbocycles. The molecule has 1 atom stereocenters. The molecule has 0 radical (unpaired) electrons. The Kier molecular flexibility index (Phi) is 11.2. The molecule has 2 amide bonds. The molecular weight excluding hydrogens is 486 g/mol. The lowest BCUT2D eigenvalue weighted by atomic mass is 10.1. The van der Waals surface area contributed by atoms with Gasteiger partial charge in [0, 0.05) is 26.1 Å². The minimum absolute atomic E-state index is 0.136. The normalized spacial score (nSPS) is 12.3. The lowest BCUT2D eigenvalue weighted by Crippen LogP contribution is -2.49. The largest absolute Gasteiger partial charge is 0.354 e. The van der Waals surface area contributed by atoms with Crippen LogP contribution in [0.4, 0.5) is 5.69 Å². The first-order valence-electron chi connectivity index (χ1n) is 13.0. The summed E-state index contributed by atoms with van der Waals surface area (Å²) in [4.78, 5) is 28.2. The maximum absolute atomic E-state index is 13.5. The number of anilines is 1. The predicted molar refractivity (Wildman–Crippen MR) is 151 cm³/mol. The van der Waals surface area contributed by atoms with Crippen molar-refractivity contribution >= 4 is 27.5 Å². The Bertz CT molecular complexity index is 1160. The monoisotopic (exact) mass is 529 g/mol. The van der Waals surface area contributed by atoms with Crippen molar-refractivity contribution < 1.29 is 18.0 Å². The van der Waals surface area contributed by atoms with Crippen LogP contribution in [0.2, 0.25) is 0 Å². The molecule has 2 aromatic carbocycles. The van der Waals surface area contributed by atoms with Crippen LogP contribution in [-0.2, 0) is 26.2 Å². The molecule has 1 N–H and O–H groups in total. The zero-order valence-electron chi connectivity index (χ0n) is 23.4. The Hall–Kier alpha value is -2.87. The lowest BCUT2D eigenvalue weighted by molar-refractivity contribution is -0.141. The molecule has 2 rings (SSSR count). The van der Waals surface area contributed by atoms with Gasteiger partial charge in [0.25, 0.3) is 0 Å². The molecule has 0 aromatic heterocycles. The number of nitrogens with one attached hydrogen (secondary N) is 1. The van der Waals surface area contributed by atoms with E-state index in [4.69, 9.17) is 0 Å². The molecule has 0 bridgehead atoms. The van der Waals surface area contributed by atoms with Crippen LogP contribution in [0.25, 0.3) is 0 Å². The fourth-order valence-corrected chi connectivity index (χ4v) is 5.22. The summed E-state index contributed by atoms with van der Waals surface area (Å²) in [7, 11) is -3.53. The number of hydrogen-bond acceptors (Lipinski definition) is 4. The fraction of sp³-hybridized carbons (Fsp3) is 0.517. The van der Waals surface area contributed by atoms with Crippen molar-refractivity contribution in [1.29, 1.82) is 0 Å². The third kappa shape index (κ3) is 9.18. The minimum atomic E-state index is -3.53. The molecule has 1 unspecified atom stereocenters. The number of amides is 2. The topological polar surface area (TPSA) is 86.8 Å². The maximum Gasteiger partial charge on any atom is 0.242 e. The number of nitrogens with zero attached hydrogens (tertiary/aromatic N) is 2. The maximum atomic E-state index is 13.5. The van der Waals surface area contributed by atoms with Gasteiger partial charge in [0.1, 0.15) is 6.04 Å². The smallest absolute Gasteiger partial charge is 0.242 e. The van der Waals surface area contributed by atoms with Crippen LogP contribution in [-0.4, -0.2) is 50.5 Å². The molecule has 0 aliphatic heterocycles. The van der Waals surface area contributed by atoms with Gasteiger partial charge in [-0.1, -0.05) is 62.7 Å². The molecule has 2 aromatic rings. The average molecular weight is 530 g/mol. The fourth-order valence-electron chi connectivity index (χ4n) is 4.20. The van der Waals surface area contributed by atoms with Gasteiger partial charge in [0.05, 0.1) is 11.9 Å². The highest BCUT2D eigenvalue weighted by molar-refractivity contribution is 7.92. The van der Waals surface area contributed by atoms with E-state index in [9.17, 15) is 18.0 Å². The number of sulfonamides is 1. The van der Waals surface area contributed by atoms with E-state index < -0.39 is 16.1 Å². The molecule has 0 saturated heterocycles. The standard InChI is InChI=1S/C29H43N3O4S/c1-8-26(29(34)30-19-21(2)3)31(20-25-15-12-22(4)13-16-25)28(33)10-9-17-32(37(7,35)36)27-18-23(5)11-14-24(27)6/h11-16,18,21,26H,8-10,17,19-20H2,1-7H3,(H,30,34). The van der Waals surface area contributed by atoms with E-state index in [1.807, 2.05) is 84.0 Å². The van der Waals surface area contributed by atoms with Gasteiger partial charge in [-0.15, -0.1) is 0 Å². The van der Waals surface area contributed by atoms with Gasteiger partial charge in [0.2, 0.25) is 21.8 Å². The number of benzene rings is 2. The highest BCUT2D eigenvalue weighted by Crippen LogP contribution is 2.25. The third-order valence-electron chi connectivity index (χ3n) is 6.33. The summed E-state index contributed by atoms with van der Waals surface area (Å²) >= 11 is 0. The second-order valence-corrected chi connectivity index (χ2v) is 12.2. The van der Waals surface area contributed by atoms with Crippen molar-refractivity contribution in [3.05, 3.63) is 64.7 Å². The number of carbonyl (C=O) groups is 2. The molecule has 37 heavy (non-hydrogen) atoms. The predicted octanol–water partition coefficient (Wildman–Crippen LogP) is 4.74. The molecule has 8 heteroatoms. The van der Waals surface area contributed by atoms with Crippen molar-refractivity contribution in [3.8, 4) is 0 Å². The summed E-state index contributed by atoms with van der Waals surface area (Å²) in [5, 5.41) is 2.97. The van der Waals surface area contributed by atoms with Crippen LogP contribution >= 0.6 is 0 Å². The van der Waals surface area contributed by atoms with E-state index in [0.29, 0.717) is 37.5 Å². The van der Waals surface area contributed by atoms with E-state index in [1.54, 1.807) is 4.90 Å². The van der Waals surface area contributed by atoms with Crippen LogP contribution in [0.1, 0.15) is 62.3 Å². The Labute approximate surface area is 223 Å². The van der Waals surface area contributed by atoms with Crippen LogP contribution < -0.4 is 9.62 Å². The number of carbonyl (C=O) groups excluding carboxylic acids is 2. The number of aryl methyl sites for hydroxylation is 3. The Balaban J connectivity index is 2.23. The molecule has 0 heterocycles. The third-order valence-corrected chi connectivity index (χ3v) is 7.51. The van der Waals surface area contributed by atoms with E-state index in [2.05, 4.69) is 5.32 Å². The number of rotatable bonds is 13. The minimum Gasteiger partial charge on any atom is -0.354 e. The molecule has 7 nitrogen and oxygen atoms in total. The molecular formula is C29H43N3O4S. The van der Waals surface area contributed by atoms with Crippen LogP contribution in [0.3, 0.4) is 0 Å². The molecule has 0 spiro atoms. The molecule has 0 fully saturated rings. The van der Waals surface area contributed by atoms with Gasteiger partial charge in [-0.2, -0.15) is 0 Å². The van der Waals surface area contributed by atoms with Gasteiger partial charge in [0.15, 0.2) is 0 Å². The van der Waals surface area contributed by atoms with Gasteiger partial charge in [-0.25, -0.2) is 8.42 Å². The second kappa shape index (κ2) is 13.6. The zero-order valence-corrected chi connectivity index (χ0v) is 24.2. The first kappa shape index (κ1) is 30.4. The Morgan fingerprint density at radius 3 is 2.16 bits per heavy atom. The highest BCUT2D eigenvalue weighted by atomic mass is 32.2. The van der Waals surface area contributed by atoms with Gasteiger partial charge < -0.3 is 10.2 Å². The summed E-state index contributed by atoms with van der Waals surface area (Å²) in [5.41, 5.74) is 4.52. The lowest BCUT2D eigenvalue weighted by Gasteiger charge is -2.31. The summed E-state index contributed by atoms with van der Waals surface area (Å²) in [6, 6.07) is 13.0. The van der Waals surface area contributed by atoms with E-state index in [1.165, 1.54) is 10.6 Å². The molecule has 204 valence electrons. The summed E-state index contributed by atoms with van der Waals surface area (Å²) in [6.45, 7) is 12.8. The first-order chi connectivity index (χ1) is 17.3. The van der Waals surface area contributed by atoms with Crippen LogP contribution in [0.5, 0.6) is 0 Å². The first-order valence-corrected chi connectivity index (χ1v) is 14.9. The van der Waals surface area contributed by atoms with Gasteiger partial charge in [-0.3, -0.25) is 13.9 Å².